The normalized spacial score (nSPS) is 24.5. The first-order valence-corrected chi connectivity index (χ1v) is 8.72. The Balaban J connectivity index is 1.38. The van der Waals surface area contributed by atoms with Crippen molar-refractivity contribution in [1.29, 1.82) is 0 Å². The number of nitrogens with one attached hydrogen (secondary N) is 3. The van der Waals surface area contributed by atoms with Crippen LogP contribution in [0.4, 0.5) is 21.8 Å². The van der Waals surface area contributed by atoms with E-state index in [1.807, 2.05) is 6.07 Å². The maximum absolute atomic E-state index is 13.9. The zero-order valence-electron chi connectivity index (χ0n) is 13.3. The van der Waals surface area contributed by atoms with Gasteiger partial charge in [0.1, 0.15) is 0 Å². The van der Waals surface area contributed by atoms with E-state index in [1.165, 1.54) is 36.6 Å². The Morgan fingerprint density at radius 3 is 2.71 bits per heavy atom. The number of hydrogen-bond acceptors (Lipinski definition) is 5. The van der Waals surface area contributed by atoms with Crippen LogP contribution in [0.2, 0.25) is 0 Å². The molecule has 24 heavy (non-hydrogen) atoms. The molecule has 1 aliphatic carbocycles. The molecule has 0 unspecified atom stereocenters. The van der Waals surface area contributed by atoms with Crippen LogP contribution in [0.1, 0.15) is 55.3 Å². The predicted molar refractivity (Wildman–Crippen MR) is 90.8 cm³/mol. The summed E-state index contributed by atoms with van der Waals surface area (Å²) in [6.07, 6.45) is 7.00. The van der Waals surface area contributed by atoms with E-state index in [0.717, 1.165) is 18.5 Å². The van der Waals surface area contributed by atoms with Crippen LogP contribution in [0.5, 0.6) is 0 Å². The van der Waals surface area contributed by atoms with Gasteiger partial charge in [-0.05, 0) is 55.4 Å². The first-order chi connectivity index (χ1) is 11.8. The summed E-state index contributed by atoms with van der Waals surface area (Å²) < 4.78 is 13.9. The average molecular weight is 325 g/mol. The molecule has 1 aromatic carbocycles. The summed E-state index contributed by atoms with van der Waals surface area (Å²) in [5.74, 6) is 0.316. The third kappa shape index (κ3) is 2.33. The Morgan fingerprint density at radius 2 is 1.92 bits per heavy atom. The van der Waals surface area contributed by atoms with Gasteiger partial charge in [0, 0.05) is 23.8 Å². The van der Waals surface area contributed by atoms with E-state index in [4.69, 9.17) is 0 Å². The van der Waals surface area contributed by atoms with E-state index in [0.29, 0.717) is 29.9 Å². The van der Waals surface area contributed by atoms with Gasteiger partial charge in [0.15, 0.2) is 11.6 Å². The number of aromatic nitrogens is 2. The van der Waals surface area contributed by atoms with E-state index in [-0.39, 0.29) is 0 Å². The van der Waals surface area contributed by atoms with Gasteiger partial charge in [-0.3, -0.25) is 0 Å². The summed E-state index contributed by atoms with van der Waals surface area (Å²) in [7, 11) is 0. The summed E-state index contributed by atoms with van der Waals surface area (Å²) in [4.78, 5) is 8.38. The molecular formula is C18H20FN5. The highest BCUT2D eigenvalue weighted by molar-refractivity contribution is 5.59. The highest BCUT2D eigenvalue weighted by Gasteiger charge is 2.36. The first kappa shape index (κ1) is 14.2. The fraction of sp³-hybridized carbons (Fsp3) is 0.444. The Hall–Kier alpha value is -2.21. The standard InChI is InChI=1S/C18H20FN5/c19-14-9-20-18(24-17(14)21-10-2-1-3-10)22-11-4-5-12-13(8-11)16-7-6-15(12)23-16/h4-5,8-10,15-16,23H,1-3,6-7H2,(H2,20,21,22,24)/t15-,16+/m1/s1. The monoisotopic (exact) mass is 325 g/mol. The molecular weight excluding hydrogens is 305 g/mol. The minimum atomic E-state index is -0.400. The average Bonchev–Trinajstić information content (AvgIpc) is 3.15. The molecule has 0 radical (unpaired) electrons. The Bertz CT molecular complexity index is 789. The predicted octanol–water partition coefficient (Wildman–Crippen LogP) is 3.80. The van der Waals surface area contributed by atoms with E-state index < -0.39 is 5.82 Å². The van der Waals surface area contributed by atoms with E-state index in [1.54, 1.807) is 0 Å². The molecule has 3 aliphatic rings. The SMILES string of the molecule is Fc1cnc(Nc2ccc3c(c2)[C@@H]2CC[C@H]3N2)nc1NC1CCC1. The molecule has 3 heterocycles. The number of benzene rings is 1. The van der Waals surface area contributed by atoms with Crippen molar-refractivity contribution in [2.75, 3.05) is 10.6 Å². The lowest BCUT2D eigenvalue weighted by Gasteiger charge is -2.27. The quantitative estimate of drug-likeness (QED) is 0.798. The molecule has 124 valence electrons. The van der Waals surface area contributed by atoms with Gasteiger partial charge in [0.2, 0.25) is 5.95 Å². The van der Waals surface area contributed by atoms with Gasteiger partial charge in [-0.25, -0.2) is 9.37 Å². The highest BCUT2D eigenvalue weighted by atomic mass is 19.1. The second-order valence-electron chi connectivity index (χ2n) is 6.98. The maximum Gasteiger partial charge on any atom is 0.229 e. The molecule has 2 aliphatic heterocycles. The lowest BCUT2D eigenvalue weighted by Crippen LogP contribution is -2.28. The van der Waals surface area contributed by atoms with Crippen LogP contribution in [0.3, 0.4) is 0 Å². The van der Waals surface area contributed by atoms with Crippen LogP contribution in [0.25, 0.3) is 0 Å². The summed E-state index contributed by atoms with van der Waals surface area (Å²) in [6.45, 7) is 0. The molecule has 2 fully saturated rings. The minimum Gasteiger partial charge on any atom is -0.365 e. The molecule has 1 saturated carbocycles. The van der Waals surface area contributed by atoms with Crippen molar-refractivity contribution in [3.05, 3.63) is 41.3 Å². The molecule has 5 rings (SSSR count). The van der Waals surface area contributed by atoms with Crippen molar-refractivity contribution in [3.8, 4) is 0 Å². The zero-order chi connectivity index (χ0) is 16.1. The molecule has 2 atom stereocenters. The molecule has 1 aromatic heterocycles. The lowest BCUT2D eigenvalue weighted by molar-refractivity contribution is 0.441. The summed E-state index contributed by atoms with van der Waals surface area (Å²) in [6, 6.07) is 7.70. The molecule has 3 N–H and O–H groups in total. The van der Waals surface area contributed by atoms with Gasteiger partial charge in [-0.15, -0.1) is 0 Å². The summed E-state index contributed by atoms with van der Waals surface area (Å²) >= 11 is 0. The van der Waals surface area contributed by atoms with Gasteiger partial charge in [-0.1, -0.05) is 6.07 Å². The van der Waals surface area contributed by atoms with Crippen molar-refractivity contribution in [2.24, 2.45) is 0 Å². The zero-order valence-corrected chi connectivity index (χ0v) is 13.3. The minimum absolute atomic E-state index is 0.291. The van der Waals surface area contributed by atoms with Gasteiger partial charge >= 0.3 is 0 Å². The summed E-state index contributed by atoms with van der Waals surface area (Å²) in [5, 5.41) is 9.99. The summed E-state index contributed by atoms with van der Waals surface area (Å²) in [5.41, 5.74) is 3.72. The number of nitrogens with zero attached hydrogens (tertiary/aromatic N) is 2. The Morgan fingerprint density at radius 1 is 1.08 bits per heavy atom. The van der Waals surface area contributed by atoms with E-state index in [9.17, 15) is 4.39 Å². The number of anilines is 3. The first-order valence-electron chi connectivity index (χ1n) is 8.72. The third-order valence-electron chi connectivity index (χ3n) is 5.43. The lowest BCUT2D eigenvalue weighted by atomic mass is 9.91. The number of rotatable bonds is 4. The van der Waals surface area contributed by atoms with Gasteiger partial charge in [0.25, 0.3) is 0 Å². The van der Waals surface area contributed by atoms with Crippen molar-refractivity contribution in [1.82, 2.24) is 15.3 Å². The van der Waals surface area contributed by atoms with Crippen molar-refractivity contribution < 1.29 is 4.39 Å². The second-order valence-corrected chi connectivity index (χ2v) is 6.98. The maximum atomic E-state index is 13.9. The number of hydrogen-bond donors (Lipinski definition) is 3. The van der Waals surface area contributed by atoms with Crippen LogP contribution in [-0.4, -0.2) is 16.0 Å². The van der Waals surface area contributed by atoms with Crippen LogP contribution in [0.15, 0.2) is 24.4 Å². The topological polar surface area (TPSA) is 61.9 Å². The molecule has 6 heteroatoms. The smallest absolute Gasteiger partial charge is 0.229 e. The van der Waals surface area contributed by atoms with Gasteiger partial charge in [0.05, 0.1) is 6.20 Å². The third-order valence-corrected chi connectivity index (χ3v) is 5.43. The van der Waals surface area contributed by atoms with Crippen molar-refractivity contribution in [2.45, 2.75) is 50.2 Å². The molecule has 0 amide bonds. The van der Waals surface area contributed by atoms with Gasteiger partial charge in [-0.2, -0.15) is 4.98 Å². The fourth-order valence-electron chi connectivity index (χ4n) is 3.91. The van der Waals surface area contributed by atoms with Crippen molar-refractivity contribution >= 4 is 17.5 Å². The molecule has 5 nitrogen and oxygen atoms in total. The van der Waals surface area contributed by atoms with Crippen LogP contribution in [0, 0.1) is 5.82 Å². The number of halogens is 1. The molecule has 1 saturated heterocycles. The van der Waals surface area contributed by atoms with Crippen LogP contribution in [-0.2, 0) is 0 Å². The Labute approximate surface area is 140 Å². The van der Waals surface area contributed by atoms with Crippen LogP contribution >= 0.6 is 0 Å². The van der Waals surface area contributed by atoms with E-state index in [2.05, 4.69) is 38.1 Å². The molecule has 2 aromatic rings. The highest BCUT2D eigenvalue weighted by Crippen LogP contribution is 2.45. The second kappa shape index (κ2) is 5.41. The van der Waals surface area contributed by atoms with Gasteiger partial charge < -0.3 is 16.0 Å². The molecule has 2 bridgehead atoms. The fourth-order valence-corrected chi connectivity index (χ4v) is 3.91. The van der Waals surface area contributed by atoms with Crippen LogP contribution < -0.4 is 16.0 Å². The largest absolute Gasteiger partial charge is 0.365 e. The Kier molecular flexibility index (Phi) is 3.19. The number of fused-ring (bicyclic) bond motifs is 5. The van der Waals surface area contributed by atoms with E-state index >= 15 is 0 Å². The van der Waals surface area contributed by atoms with Crippen molar-refractivity contribution in [3.63, 3.8) is 0 Å². The molecule has 0 spiro atoms.